The average Bonchev–Trinajstić information content (AvgIpc) is 2.74. The molecule has 0 aromatic carbocycles. The molecule has 0 heterocycles. The molecule has 1 unspecified atom stereocenters. The van der Waals surface area contributed by atoms with Crippen LogP contribution in [0.4, 0.5) is 9.59 Å². The molecular weight excluding hydrogens is 698 g/mol. The minimum absolute atomic E-state index is 0.101. The van der Waals surface area contributed by atoms with E-state index in [0.29, 0.717) is 4.67 Å². The first-order valence-corrected chi connectivity index (χ1v) is 21.0. The molecule has 1 amide bonds. The van der Waals surface area contributed by atoms with Crippen LogP contribution in [0, 0.1) is 0 Å². The molecule has 28 heteroatoms. The van der Waals surface area contributed by atoms with Gasteiger partial charge in [0.05, 0.1) is 0 Å². The highest BCUT2D eigenvalue weighted by molar-refractivity contribution is 7.71. The van der Waals surface area contributed by atoms with Crippen molar-refractivity contribution in [2.24, 2.45) is 0 Å². The zero-order valence-corrected chi connectivity index (χ0v) is 27.1. The Bertz CT molecular complexity index is 1040. The van der Waals surface area contributed by atoms with Gasteiger partial charge in [0.25, 0.3) is 16.7 Å². The lowest BCUT2D eigenvalue weighted by molar-refractivity contribution is 0.200. The van der Waals surface area contributed by atoms with Gasteiger partial charge in [-0.05, 0) is 12.8 Å². The van der Waals surface area contributed by atoms with Crippen LogP contribution in [0.25, 0.3) is 0 Å². The minimum Gasteiger partial charge on any atom is -0.475 e. The van der Waals surface area contributed by atoms with Crippen LogP contribution in [0.5, 0.6) is 0 Å². The molecule has 22 nitrogen and oxygen atoms in total. The van der Waals surface area contributed by atoms with Crippen LogP contribution < -0.4 is 0 Å². The summed E-state index contributed by atoms with van der Waals surface area (Å²) in [5.41, 5.74) is -3.29. The second-order valence-corrected chi connectivity index (χ2v) is 17.7. The van der Waals surface area contributed by atoms with Crippen LogP contribution in [0.15, 0.2) is 0 Å². The van der Waals surface area contributed by atoms with E-state index in [9.17, 15) is 52.3 Å². The molecule has 0 bridgehead atoms. The Hall–Kier alpha value is 0.160. The fourth-order valence-corrected chi connectivity index (χ4v) is 8.25. The van der Waals surface area contributed by atoms with Gasteiger partial charge in [-0.1, -0.05) is 0 Å². The molecule has 42 heavy (non-hydrogen) atoms. The van der Waals surface area contributed by atoms with Gasteiger partial charge in [-0.25, -0.2) is 4.79 Å². The molecule has 0 rings (SSSR count). The van der Waals surface area contributed by atoms with E-state index in [1.165, 1.54) is 0 Å². The molecule has 0 spiro atoms. The summed E-state index contributed by atoms with van der Waals surface area (Å²) in [5, 5.41) is 8.96. The summed E-state index contributed by atoms with van der Waals surface area (Å²) in [5.74, 6) is 0. The summed E-state index contributed by atoms with van der Waals surface area (Å²) < 4.78 is 46.1. The van der Waals surface area contributed by atoms with Crippen LogP contribution in [0.3, 0.4) is 0 Å². The Kier molecular flexibility index (Phi) is 18.4. The van der Waals surface area contributed by atoms with Crippen molar-refractivity contribution in [2.75, 3.05) is 64.4 Å². The Morgan fingerprint density at radius 1 is 0.524 bits per heavy atom. The minimum atomic E-state index is -4.73. The number of nitrogens with zero attached hydrogens (tertiary/aromatic N) is 4. The number of hydrogen-bond donors (Lipinski definition) is 12. The van der Waals surface area contributed by atoms with Gasteiger partial charge < -0.3 is 58.9 Å². The third kappa shape index (κ3) is 21.8. The topological polar surface area (TPSA) is 358 Å². The number of carbonyl (C=O) groups excluding carboxylic acids is 1. The molecule has 0 radical (unpaired) electrons. The number of amides is 1. The Morgan fingerprint density at radius 3 is 1.14 bits per heavy atom. The van der Waals surface area contributed by atoms with Crippen molar-refractivity contribution < 1.29 is 86.8 Å². The lowest BCUT2D eigenvalue weighted by Crippen LogP contribution is -2.39. The van der Waals surface area contributed by atoms with Crippen molar-refractivity contribution in [1.82, 2.24) is 19.4 Å². The molecule has 1 atom stereocenters. The predicted octanol–water partition coefficient (Wildman–Crippen LogP) is -1.09. The third-order valence-electron chi connectivity index (χ3n) is 4.85. The van der Waals surface area contributed by atoms with E-state index < -0.39 is 90.1 Å². The monoisotopic (exact) mass is 734 g/mol. The normalized spacial score (nSPS) is 14.3. The van der Waals surface area contributed by atoms with Crippen molar-refractivity contribution in [1.29, 1.82) is 0 Å². The highest BCUT2D eigenvalue weighted by Crippen LogP contribution is 2.43. The second kappa shape index (κ2) is 18.3. The predicted molar refractivity (Wildman–Crippen MR) is 147 cm³/mol. The maximum Gasteiger partial charge on any atom is 0.374 e. The number of rotatable bonds is 22. The summed E-state index contributed by atoms with van der Waals surface area (Å²) in [6.07, 6.45) is -4.09. The van der Waals surface area contributed by atoms with Gasteiger partial charge in [0.15, 0.2) is 0 Å². The molecule has 250 valence electrons. The largest absolute Gasteiger partial charge is 0.475 e. The molecule has 0 aromatic rings. The zero-order chi connectivity index (χ0) is 33.1. The first-order valence-electron chi connectivity index (χ1n) is 11.4. The smallest absolute Gasteiger partial charge is 0.374 e. The van der Waals surface area contributed by atoms with Crippen LogP contribution >= 0.6 is 47.1 Å². The molecule has 0 saturated heterocycles. The summed E-state index contributed by atoms with van der Waals surface area (Å²) in [4.78, 5) is 128. The molecule has 0 saturated carbocycles. The number of carbonyl (C=O) groups is 2. The fourth-order valence-electron chi connectivity index (χ4n) is 3.46. The highest BCUT2D eigenvalue weighted by Gasteiger charge is 2.33. The van der Waals surface area contributed by atoms with E-state index in [4.69, 9.17) is 34.5 Å². The lowest BCUT2D eigenvalue weighted by atomic mass is 10.3. The third-order valence-corrected chi connectivity index (χ3v) is 9.85. The maximum atomic E-state index is 11.9. The van der Waals surface area contributed by atoms with Crippen molar-refractivity contribution in [3.05, 3.63) is 0 Å². The summed E-state index contributed by atoms with van der Waals surface area (Å²) in [6, 6.07) is 0. The number of hydrogen-bond acceptors (Lipinski definition) is 12. The molecule has 0 aliphatic carbocycles. The van der Waals surface area contributed by atoms with Crippen molar-refractivity contribution in [3.63, 3.8) is 0 Å². The standard InChI is InChI=1S/C14H36N4O18P6/c19-13(38(23)24)18(37(22)14(20)21)6-2-4-16(10-40(28,29)30)8-7-15(9-39(25,26)27)3-1-5-17(11-41(31,32)33)12-42(34,35)36/h22-24H,1-12H2,(H,20,21)(H2,25,26,27)(H2,28,29,30)(H2,31,32,33)(H2,34,35,36). The number of carboxylic acid groups (broad SMARTS) is 1. The molecule has 0 aromatic heterocycles. The molecule has 0 aliphatic rings. The average molecular weight is 734 g/mol. The summed E-state index contributed by atoms with van der Waals surface area (Å²) >= 11 is 0. The van der Waals surface area contributed by atoms with E-state index in [2.05, 4.69) is 0 Å². The first-order chi connectivity index (χ1) is 18.8. The van der Waals surface area contributed by atoms with E-state index >= 15 is 0 Å². The van der Waals surface area contributed by atoms with Gasteiger partial charge in [-0.3, -0.25) is 42.4 Å². The van der Waals surface area contributed by atoms with Crippen LogP contribution in [0.1, 0.15) is 12.8 Å². The first kappa shape index (κ1) is 42.2. The zero-order valence-electron chi connectivity index (χ0n) is 21.8. The van der Waals surface area contributed by atoms with Crippen LogP contribution in [-0.2, 0) is 18.3 Å². The maximum absolute atomic E-state index is 11.9. The SMILES string of the molecule is O=C(N(CCCN(CCN(CCCN(CP(=O)(O)O)CP(=O)(O)O)CP(=O)(O)O)CP(=O)(O)O)P(O)C(=O)O)P(O)O. The molecular formula is C14H36N4O18P6. The van der Waals surface area contributed by atoms with Crippen molar-refractivity contribution in [3.8, 4) is 0 Å². The van der Waals surface area contributed by atoms with Gasteiger partial charge in [-0.2, -0.15) is 0 Å². The van der Waals surface area contributed by atoms with E-state index in [-0.39, 0.29) is 45.6 Å². The molecule has 0 fully saturated rings. The second-order valence-electron chi connectivity index (χ2n) is 8.83. The quantitative estimate of drug-likeness (QED) is 0.0588. The van der Waals surface area contributed by atoms with Crippen LogP contribution in [0.2, 0.25) is 0 Å². The van der Waals surface area contributed by atoms with E-state index in [1.54, 1.807) is 0 Å². The van der Waals surface area contributed by atoms with Crippen molar-refractivity contribution >= 4 is 58.4 Å². The van der Waals surface area contributed by atoms with E-state index in [0.717, 1.165) is 14.7 Å². The van der Waals surface area contributed by atoms with Gasteiger partial charge in [0.2, 0.25) is 0 Å². The molecule has 0 aliphatic heterocycles. The lowest BCUT2D eigenvalue weighted by Gasteiger charge is -2.30. The van der Waals surface area contributed by atoms with E-state index in [1.807, 2.05) is 0 Å². The fraction of sp³-hybridized carbons (Fsp3) is 0.857. The summed E-state index contributed by atoms with van der Waals surface area (Å²) in [6.45, 7) is -1.87. The Balaban J connectivity index is 5.52. The summed E-state index contributed by atoms with van der Waals surface area (Å²) in [7, 11) is -25.4. The van der Waals surface area contributed by atoms with Crippen molar-refractivity contribution in [2.45, 2.75) is 12.8 Å². The molecule has 12 N–H and O–H groups in total. The van der Waals surface area contributed by atoms with Crippen LogP contribution in [-0.4, -0.2) is 154 Å². The van der Waals surface area contributed by atoms with Gasteiger partial charge >= 0.3 is 41.7 Å². The van der Waals surface area contributed by atoms with Gasteiger partial charge in [0, 0.05) is 39.3 Å². The van der Waals surface area contributed by atoms with Gasteiger partial charge in [-0.15, -0.1) is 0 Å². The Labute approximate surface area is 242 Å². The highest BCUT2D eigenvalue weighted by atomic mass is 31.2. The van der Waals surface area contributed by atoms with Gasteiger partial charge in [0.1, 0.15) is 25.1 Å². The Morgan fingerprint density at radius 2 is 0.833 bits per heavy atom.